The summed E-state index contributed by atoms with van der Waals surface area (Å²) in [7, 11) is 0. The van der Waals surface area contributed by atoms with E-state index in [9.17, 15) is 20.1 Å². The predicted molar refractivity (Wildman–Crippen MR) is 120 cm³/mol. The summed E-state index contributed by atoms with van der Waals surface area (Å²) in [5.74, 6) is 2.12. The van der Waals surface area contributed by atoms with Crippen molar-refractivity contribution in [2.75, 3.05) is 0 Å². The molecule has 0 aromatic rings. The van der Waals surface area contributed by atoms with Crippen LogP contribution in [0.2, 0.25) is 0 Å². The molecule has 0 radical (unpaired) electrons. The normalized spacial score (nSPS) is 49.5. The van der Waals surface area contributed by atoms with E-state index in [1.165, 1.54) is 18.4 Å². The highest BCUT2D eigenvalue weighted by molar-refractivity contribution is 6.00. The number of hydrogen-bond acceptors (Lipinski definition) is 4. The van der Waals surface area contributed by atoms with E-state index >= 15 is 0 Å². The Balaban J connectivity index is 1.41. The van der Waals surface area contributed by atoms with Crippen molar-refractivity contribution >= 4 is 5.78 Å². The van der Waals surface area contributed by atoms with E-state index in [0.717, 1.165) is 32.1 Å². The first kappa shape index (κ1) is 22.1. The number of carbonyl (C=O) groups excluding carboxylic acids is 1. The molecule has 5 aliphatic carbocycles. The van der Waals surface area contributed by atoms with Crippen LogP contribution >= 0.6 is 0 Å². The summed E-state index contributed by atoms with van der Waals surface area (Å²) >= 11 is 0. The number of hydrogen-bond donors (Lipinski definition) is 3. The van der Waals surface area contributed by atoms with Gasteiger partial charge in [0.1, 0.15) is 6.10 Å². The fraction of sp³-hybridized carbons (Fsp3) is 0.889. The highest BCUT2D eigenvalue weighted by Crippen LogP contribution is 2.79. The van der Waals surface area contributed by atoms with Gasteiger partial charge in [0.05, 0.1) is 12.2 Å². The lowest BCUT2D eigenvalue weighted by Gasteiger charge is -2.55. The minimum atomic E-state index is -1.12. The molecule has 31 heavy (non-hydrogen) atoms. The zero-order valence-corrected chi connectivity index (χ0v) is 20.0. The summed E-state index contributed by atoms with van der Waals surface area (Å²) in [5.41, 5.74) is 1.59. The van der Waals surface area contributed by atoms with Gasteiger partial charge in [-0.2, -0.15) is 0 Å². The van der Waals surface area contributed by atoms with E-state index in [2.05, 4.69) is 19.9 Å². The van der Waals surface area contributed by atoms with E-state index in [0.29, 0.717) is 29.5 Å². The van der Waals surface area contributed by atoms with Crippen molar-refractivity contribution in [2.24, 2.45) is 51.8 Å². The summed E-state index contributed by atoms with van der Waals surface area (Å²) in [6.45, 7) is 10.6. The van der Waals surface area contributed by atoms with Crippen LogP contribution in [-0.4, -0.2) is 39.4 Å². The van der Waals surface area contributed by atoms with Crippen LogP contribution in [0, 0.1) is 51.8 Å². The third-order valence-corrected chi connectivity index (χ3v) is 11.4. The second kappa shape index (κ2) is 6.90. The van der Waals surface area contributed by atoms with E-state index in [1.54, 1.807) is 0 Å². The van der Waals surface area contributed by atoms with Gasteiger partial charge in [0.25, 0.3) is 0 Å². The van der Waals surface area contributed by atoms with Crippen molar-refractivity contribution < 1.29 is 20.1 Å². The van der Waals surface area contributed by atoms with Gasteiger partial charge in [-0.25, -0.2) is 0 Å². The van der Waals surface area contributed by atoms with Crippen LogP contribution in [0.15, 0.2) is 11.6 Å². The molecule has 0 saturated heterocycles. The molecule has 4 nitrogen and oxygen atoms in total. The first-order valence-corrected chi connectivity index (χ1v) is 12.8. The molecule has 4 saturated carbocycles. The predicted octanol–water partition coefficient (Wildman–Crippen LogP) is 4.12. The smallest absolute Gasteiger partial charge is 0.162 e. The molecule has 0 amide bonds. The van der Waals surface area contributed by atoms with Crippen LogP contribution in [0.3, 0.4) is 0 Å². The van der Waals surface area contributed by atoms with E-state index in [1.807, 2.05) is 20.8 Å². The molecular weight excluding hydrogens is 388 g/mol. The number of carbonyl (C=O) groups is 1. The van der Waals surface area contributed by atoms with Crippen LogP contribution < -0.4 is 0 Å². The minimum Gasteiger partial charge on any atom is -0.390 e. The molecule has 174 valence electrons. The second-order valence-corrected chi connectivity index (χ2v) is 12.7. The molecule has 1 spiro atoms. The van der Waals surface area contributed by atoms with Crippen LogP contribution in [0.5, 0.6) is 0 Å². The number of rotatable bonds is 5. The van der Waals surface area contributed by atoms with E-state index in [4.69, 9.17) is 0 Å². The van der Waals surface area contributed by atoms with Crippen molar-refractivity contribution in [3.8, 4) is 0 Å². The highest BCUT2D eigenvalue weighted by Gasteiger charge is 2.76. The number of ketones is 1. The van der Waals surface area contributed by atoms with Gasteiger partial charge in [-0.05, 0) is 97.4 Å². The molecule has 0 heterocycles. The molecule has 0 aliphatic heterocycles. The molecule has 11 unspecified atom stereocenters. The monoisotopic (exact) mass is 430 g/mol. The Kier molecular flexibility index (Phi) is 4.92. The van der Waals surface area contributed by atoms with Crippen molar-refractivity contribution in [2.45, 2.75) is 97.9 Å². The Bertz CT molecular complexity index is 803. The average molecular weight is 431 g/mol. The van der Waals surface area contributed by atoms with Gasteiger partial charge in [-0.1, -0.05) is 40.2 Å². The van der Waals surface area contributed by atoms with Gasteiger partial charge in [0, 0.05) is 5.41 Å². The van der Waals surface area contributed by atoms with Gasteiger partial charge in [0.15, 0.2) is 5.78 Å². The van der Waals surface area contributed by atoms with Gasteiger partial charge in [-0.15, -0.1) is 0 Å². The van der Waals surface area contributed by atoms with E-state index < -0.39 is 18.3 Å². The molecule has 5 rings (SSSR count). The van der Waals surface area contributed by atoms with Crippen LogP contribution in [0.25, 0.3) is 0 Å². The maximum absolute atomic E-state index is 13.4. The van der Waals surface area contributed by atoms with Crippen molar-refractivity contribution in [3.63, 3.8) is 0 Å². The number of aliphatic hydroxyl groups is 3. The maximum Gasteiger partial charge on any atom is 0.162 e. The molecule has 11 atom stereocenters. The molecule has 0 bridgehead atoms. The Morgan fingerprint density at radius 1 is 0.903 bits per heavy atom. The number of fused-ring (bicyclic) bond motifs is 4. The Morgan fingerprint density at radius 3 is 2.26 bits per heavy atom. The van der Waals surface area contributed by atoms with Crippen molar-refractivity contribution in [1.82, 2.24) is 0 Å². The maximum atomic E-state index is 13.4. The van der Waals surface area contributed by atoms with Gasteiger partial charge < -0.3 is 15.3 Å². The zero-order chi connectivity index (χ0) is 22.5. The minimum absolute atomic E-state index is 0.0342. The summed E-state index contributed by atoms with van der Waals surface area (Å²) in [6.07, 6.45) is 7.04. The standard InChI is InChI=1S/C27H42O4/c1-14(2)22(29)24(31)23(30)15(3)18-6-7-19-17-12-21(28)27-13-16(27)8-11-26(27,5)20(17)9-10-25(18,19)4/h12,14-16,18-20,22-24,29-31H,6-11,13H2,1-5H3. The molecule has 0 aromatic carbocycles. The first-order valence-electron chi connectivity index (χ1n) is 12.8. The largest absolute Gasteiger partial charge is 0.390 e. The number of allylic oxidation sites excluding steroid dienone is 2. The Labute approximate surface area is 187 Å². The average Bonchev–Trinajstić information content (AvgIpc) is 3.26. The number of aliphatic hydroxyl groups excluding tert-OH is 3. The van der Waals surface area contributed by atoms with Gasteiger partial charge in [0.2, 0.25) is 0 Å². The fourth-order valence-electron chi connectivity index (χ4n) is 9.36. The van der Waals surface area contributed by atoms with Crippen molar-refractivity contribution in [1.29, 1.82) is 0 Å². The lowest BCUT2D eigenvalue weighted by atomic mass is 9.49. The quantitative estimate of drug-likeness (QED) is 0.613. The molecule has 4 heteroatoms. The summed E-state index contributed by atoms with van der Waals surface area (Å²) in [5, 5.41) is 31.9. The van der Waals surface area contributed by atoms with E-state index in [-0.39, 0.29) is 28.1 Å². The van der Waals surface area contributed by atoms with Crippen LogP contribution in [-0.2, 0) is 4.79 Å². The molecule has 0 aromatic heterocycles. The second-order valence-electron chi connectivity index (χ2n) is 12.7. The Hall–Kier alpha value is -0.710. The van der Waals surface area contributed by atoms with Crippen LogP contribution in [0.4, 0.5) is 0 Å². The first-order chi connectivity index (χ1) is 14.5. The summed E-state index contributed by atoms with van der Waals surface area (Å²) in [6, 6.07) is 0. The van der Waals surface area contributed by atoms with Gasteiger partial charge >= 0.3 is 0 Å². The molecule has 4 fully saturated rings. The third kappa shape index (κ3) is 2.68. The topological polar surface area (TPSA) is 77.8 Å². The van der Waals surface area contributed by atoms with Crippen LogP contribution in [0.1, 0.15) is 79.6 Å². The van der Waals surface area contributed by atoms with Gasteiger partial charge in [-0.3, -0.25) is 4.79 Å². The Morgan fingerprint density at radius 2 is 1.61 bits per heavy atom. The SMILES string of the molecule is CC(C)C(O)C(O)C(O)C(C)C1CCC2C3=CC(=O)C45CC4CCC5(C)C3CCC21C. The third-order valence-electron chi connectivity index (χ3n) is 11.4. The highest BCUT2D eigenvalue weighted by atomic mass is 16.4. The zero-order valence-electron chi connectivity index (χ0n) is 20.0. The summed E-state index contributed by atoms with van der Waals surface area (Å²) < 4.78 is 0. The molecule has 3 N–H and O–H groups in total. The van der Waals surface area contributed by atoms with Crippen molar-refractivity contribution in [3.05, 3.63) is 11.6 Å². The summed E-state index contributed by atoms with van der Waals surface area (Å²) in [4.78, 5) is 13.4. The molecular formula is C27H42O4. The lowest BCUT2D eigenvalue weighted by Crippen LogP contribution is -2.51. The molecule has 5 aliphatic rings. The fourth-order valence-corrected chi connectivity index (χ4v) is 9.36. The lowest BCUT2D eigenvalue weighted by molar-refractivity contribution is -0.128.